The van der Waals surface area contributed by atoms with Gasteiger partial charge in [-0.1, -0.05) is 6.07 Å². The van der Waals surface area contributed by atoms with Crippen LogP contribution >= 0.6 is 0 Å². The number of piperazine rings is 1. The lowest BCUT2D eigenvalue weighted by Crippen LogP contribution is -2.46. The molecule has 0 aliphatic carbocycles. The Morgan fingerprint density at radius 2 is 1.92 bits per heavy atom. The van der Waals surface area contributed by atoms with Crippen LogP contribution in [0.5, 0.6) is 0 Å². The van der Waals surface area contributed by atoms with Gasteiger partial charge in [-0.05, 0) is 12.1 Å². The van der Waals surface area contributed by atoms with Gasteiger partial charge < -0.3 is 9.30 Å². The van der Waals surface area contributed by atoms with Gasteiger partial charge >= 0.3 is 0 Å². The Hall–Kier alpha value is -2.98. The van der Waals surface area contributed by atoms with Crippen molar-refractivity contribution in [2.24, 2.45) is 0 Å². The van der Waals surface area contributed by atoms with Crippen LogP contribution in [0.3, 0.4) is 0 Å². The van der Waals surface area contributed by atoms with Gasteiger partial charge in [0.15, 0.2) is 11.5 Å². The lowest BCUT2D eigenvalue weighted by molar-refractivity contribution is 0.247. The van der Waals surface area contributed by atoms with Crippen LogP contribution < -0.4 is 4.90 Å². The number of fused-ring (bicyclic) bond motifs is 1. The lowest BCUT2D eigenvalue weighted by atomic mass is 10.2. The third-order valence-corrected chi connectivity index (χ3v) is 4.26. The van der Waals surface area contributed by atoms with E-state index in [4.69, 9.17) is 5.26 Å². The number of pyridine rings is 1. The predicted octanol–water partition coefficient (Wildman–Crippen LogP) is 1.32. The first-order valence-corrected chi connectivity index (χ1v) is 7.94. The molecule has 4 heterocycles. The molecule has 3 aromatic heterocycles. The van der Waals surface area contributed by atoms with E-state index in [9.17, 15) is 0 Å². The summed E-state index contributed by atoms with van der Waals surface area (Å²) in [6.07, 6.45) is 7.29. The summed E-state index contributed by atoms with van der Waals surface area (Å²) in [5.41, 5.74) is 2.45. The van der Waals surface area contributed by atoms with Crippen LogP contribution in [0.4, 0.5) is 5.82 Å². The van der Waals surface area contributed by atoms with E-state index in [1.165, 1.54) is 0 Å². The van der Waals surface area contributed by atoms with Crippen molar-refractivity contribution in [2.75, 3.05) is 31.1 Å². The lowest BCUT2D eigenvalue weighted by Gasteiger charge is -2.35. The molecule has 3 aromatic rings. The number of nitriles is 1. The number of imidazole rings is 1. The Kier molecular flexibility index (Phi) is 3.81. The minimum Gasteiger partial charge on any atom is -0.352 e. The molecule has 0 bridgehead atoms. The van der Waals surface area contributed by atoms with E-state index < -0.39 is 0 Å². The molecular weight excluding hydrogens is 302 g/mol. The molecule has 0 N–H and O–H groups in total. The molecule has 0 spiro atoms. The maximum Gasteiger partial charge on any atom is 0.183 e. The Bertz CT molecular complexity index is 854. The summed E-state index contributed by atoms with van der Waals surface area (Å²) >= 11 is 0. The quantitative estimate of drug-likeness (QED) is 0.725. The minimum atomic E-state index is 0.395. The average Bonchev–Trinajstić information content (AvgIpc) is 3.04. The molecule has 1 aliphatic heterocycles. The van der Waals surface area contributed by atoms with Crippen molar-refractivity contribution < 1.29 is 0 Å². The van der Waals surface area contributed by atoms with Gasteiger partial charge in [0.1, 0.15) is 11.7 Å². The van der Waals surface area contributed by atoms with Gasteiger partial charge in [-0.15, -0.1) is 0 Å². The van der Waals surface area contributed by atoms with Crippen molar-refractivity contribution in [3.8, 4) is 6.07 Å². The Labute approximate surface area is 139 Å². The number of hydrogen-bond acceptors (Lipinski definition) is 6. The van der Waals surface area contributed by atoms with E-state index in [0.717, 1.165) is 44.1 Å². The molecule has 7 nitrogen and oxygen atoms in total. The maximum atomic E-state index is 9.16. The third kappa shape index (κ3) is 2.79. The van der Waals surface area contributed by atoms with Gasteiger partial charge in [-0.2, -0.15) is 5.26 Å². The van der Waals surface area contributed by atoms with E-state index >= 15 is 0 Å². The molecule has 7 heteroatoms. The summed E-state index contributed by atoms with van der Waals surface area (Å²) in [7, 11) is 0. The number of hydrogen-bond donors (Lipinski definition) is 0. The largest absolute Gasteiger partial charge is 0.352 e. The number of rotatable bonds is 3. The molecule has 1 saturated heterocycles. The van der Waals surface area contributed by atoms with Crippen molar-refractivity contribution in [2.45, 2.75) is 6.54 Å². The smallest absolute Gasteiger partial charge is 0.183 e. The van der Waals surface area contributed by atoms with Crippen LogP contribution in [0.1, 0.15) is 11.4 Å². The van der Waals surface area contributed by atoms with Crippen LogP contribution in [-0.2, 0) is 6.54 Å². The van der Waals surface area contributed by atoms with Gasteiger partial charge in [-0.3, -0.25) is 4.90 Å². The molecule has 0 aromatic carbocycles. The van der Waals surface area contributed by atoms with Crippen LogP contribution in [0, 0.1) is 11.3 Å². The van der Waals surface area contributed by atoms with E-state index in [-0.39, 0.29) is 0 Å². The van der Waals surface area contributed by atoms with E-state index in [0.29, 0.717) is 11.5 Å². The zero-order valence-corrected chi connectivity index (χ0v) is 13.2. The van der Waals surface area contributed by atoms with Crippen molar-refractivity contribution >= 4 is 11.5 Å². The molecule has 120 valence electrons. The first kappa shape index (κ1) is 14.6. The first-order valence-electron chi connectivity index (χ1n) is 7.94. The summed E-state index contributed by atoms with van der Waals surface area (Å²) in [5, 5.41) is 9.16. The molecular formula is C17H17N7. The monoisotopic (exact) mass is 319 g/mol. The molecule has 0 unspecified atom stereocenters. The fourth-order valence-electron chi connectivity index (χ4n) is 3.05. The van der Waals surface area contributed by atoms with Gasteiger partial charge in [0.25, 0.3) is 0 Å². The summed E-state index contributed by atoms with van der Waals surface area (Å²) < 4.78 is 2.05. The number of nitrogens with zero attached hydrogens (tertiary/aromatic N) is 7. The standard InChI is InChI=1S/C17H17N7/c18-11-15-17(20-5-4-19-15)23-9-7-22(8-10-23)12-14-13-24-6-2-1-3-16(24)21-14/h1-6,13H,7-10,12H2. The van der Waals surface area contributed by atoms with Gasteiger partial charge in [0.2, 0.25) is 0 Å². The number of aromatic nitrogens is 4. The SMILES string of the molecule is N#Cc1nccnc1N1CCN(Cc2cn3ccccc3n2)CC1. The molecule has 1 aliphatic rings. The van der Waals surface area contributed by atoms with E-state index in [1.54, 1.807) is 12.4 Å². The van der Waals surface area contributed by atoms with Crippen molar-refractivity contribution in [1.29, 1.82) is 5.26 Å². The summed E-state index contributed by atoms with van der Waals surface area (Å²) in [4.78, 5) is 17.6. The van der Waals surface area contributed by atoms with E-state index in [1.807, 2.05) is 28.8 Å². The third-order valence-electron chi connectivity index (χ3n) is 4.26. The molecule has 0 atom stereocenters. The van der Waals surface area contributed by atoms with Crippen LogP contribution in [-0.4, -0.2) is 50.4 Å². The predicted molar refractivity (Wildman–Crippen MR) is 89.4 cm³/mol. The average molecular weight is 319 g/mol. The summed E-state index contributed by atoms with van der Waals surface area (Å²) in [5.74, 6) is 0.687. The topological polar surface area (TPSA) is 73.4 Å². The number of anilines is 1. The maximum absolute atomic E-state index is 9.16. The fourth-order valence-corrected chi connectivity index (χ4v) is 3.05. The zero-order valence-electron chi connectivity index (χ0n) is 13.2. The van der Waals surface area contributed by atoms with E-state index in [2.05, 4.69) is 37.0 Å². The molecule has 0 saturated carbocycles. The highest BCUT2D eigenvalue weighted by atomic mass is 15.3. The first-order chi connectivity index (χ1) is 11.8. The van der Waals surface area contributed by atoms with Crippen LogP contribution in [0.2, 0.25) is 0 Å². The van der Waals surface area contributed by atoms with Crippen molar-refractivity contribution in [3.63, 3.8) is 0 Å². The summed E-state index contributed by atoms with van der Waals surface area (Å²) in [6, 6.07) is 8.13. The summed E-state index contributed by atoms with van der Waals surface area (Å²) in [6.45, 7) is 4.33. The van der Waals surface area contributed by atoms with Crippen LogP contribution in [0.25, 0.3) is 5.65 Å². The second-order valence-corrected chi connectivity index (χ2v) is 5.80. The van der Waals surface area contributed by atoms with Gasteiger partial charge in [0, 0.05) is 57.5 Å². The molecule has 1 fully saturated rings. The molecule has 0 radical (unpaired) electrons. The van der Waals surface area contributed by atoms with Gasteiger partial charge in [-0.25, -0.2) is 15.0 Å². The molecule has 24 heavy (non-hydrogen) atoms. The second kappa shape index (κ2) is 6.26. The fraction of sp³-hybridized carbons (Fsp3) is 0.294. The van der Waals surface area contributed by atoms with Crippen molar-refractivity contribution in [1.82, 2.24) is 24.3 Å². The minimum absolute atomic E-state index is 0.395. The Balaban J connectivity index is 1.42. The highest BCUT2D eigenvalue weighted by molar-refractivity contribution is 5.49. The van der Waals surface area contributed by atoms with Gasteiger partial charge in [0.05, 0.1) is 5.69 Å². The highest BCUT2D eigenvalue weighted by Crippen LogP contribution is 2.17. The van der Waals surface area contributed by atoms with Crippen LogP contribution in [0.15, 0.2) is 43.0 Å². The highest BCUT2D eigenvalue weighted by Gasteiger charge is 2.21. The van der Waals surface area contributed by atoms with Crippen molar-refractivity contribution in [3.05, 3.63) is 54.4 Å². The zero-order chi connectivity index (χ0) is 16.4. The molecule has 0 amide bonds. The second-order valence-electron chi connectivity index (χ2n) is 5.80. The Morgan fingerprint density at radius 3 is 2.71 bits per heavy atom. The Morgan fingerprint density at radius 1 is 1.08 bits per heavy atom. The normalized spacial score (nSPS) is 15.5. The molecule has 4 rings (SSSR count).